The Hall–Kier alpha value is -2.65. The number of rotatable bonds is 18. The molecule has 7 atom stereocenters. The second-order valence-electron chi connectivity index (χ2n) is 14.2. The minimum Gasteiger partial charge on any atom is -0.378 e. The molecule has 1 aromatic rings. The number of hydrogen-bond donors (Lipinski definition) is 5. The van der Waals surface area contributed by atoms with Crippen LogP contribution in [0.15, 0.2) is 30.3 Å². The number of nitrogens with two attached hydrogens (primary N) is 1. The first kappa shape index (κ1) is 54.5. The highest BCUT2D eigenvalue weighted by Gasteiger charge is 2.38. The highest BCUT2D eigenvalue weighted by Crippen LogP contribution is 2.32. The van der Waals surface area contributed by atoms with Crippen molar-refractivity contribution in [3.8, 4) is 0 Å². The third-order valence-electron chi connectivity index (χ3n) is 9.18. The van der Waals surface area contributed by atoms with Gasteiger partial charge >= 0.3 is 0 Å². The summed E-state index contributed by atoms with van der Waals surface area (Å²) in [7, 11) is 6.82. The number of nitrogens with one attached hydrogen (secondary N) is 3. The van der Waals surface area contributed by atoms with E-state index >= 15 is 0 Å². The van der Waals surface area contributed by atoms with E-state index in [4.69, 9.17) is 4.74 Å². The standard InChI is InChI=1S/C19H27N3O4S.C15H30N2O2.C4H8S.C2H6.CH5N/c1-13(17(26-2)16-9-6-10-22(16)12-23)18(24)20-15(19(25)21-27)11-14-7-4-3-5-8-14;1-8-9-12(18)13(10(2)3)16-15(19)14(11(4)5)17(6)7;1-2-4-3-5-4;2*1-2/h3-5,7-8,12-13,15-17,27H,6,9-11H2,1-2H3,(H,20,24)(H,21,25);10-11,13-14H,8-9H2,1-7H3,(H,16,19);4H,2-3H2,1H3;1-2H3;2H2,1H3/t;13-,14?;;;/m.0.../s1. The van der Waals surface area contributed by atoms with Crippen molar-refractivity contribution in [2.45, 2.75) is 136 Å². The summed E-state index contributed by atoms with van der Waals surface area (Å²) >= 11 is 5.90. The number of likely N-dealkylation sites (tertiary alicyclic amines) is 1. The zero-order valence-electron chi connectivity index (χ0n) is 36.1. The first-order valence-corrected chi connectivity index (χ1v) is 21.4. The molecule has 6 unspecified atom stereocenters. The average Bonchev–Trinajstić information content (AvgIpc) is 3.91. The van der Waals surface area contributed by atoms with Crippen LogP contribution in [0.1, 0.15) is 100.0 Å². The first-order valence-electron chi connectivity index (χ1n) is 19.9. The number of thiol groups is 1. The van der Waals surface area contributed by atoms with E-state index in [1.54, 1.807) is 11.8 Å². The lowest BCUT2D eigenvalue weighted by Gasteiger charge is -2.32. The van der Waals surface area contributed by atoms with Gasteiger partial charge < -0.3 is 30.7 Å². The minimum absolute atomic E-state index is 0.0526. The van der Waals surface area contributed by atoms with Crippen LogP contribution in [-0.2, 0) is 35.1 Å². The summed E-state index contributed by atoms with van der Waals surface area (Å²) in [4.78, 5) is 64.2. The molecular formula is C41H76N6O6S2. The fourth-order valence-corrected chi connectivity index (χ4v) is 7.04. The summed E-state index contributed by atoms with van der Waals surface area (Å²) in [5, 5.41) is 6.78. The average molecular weight is 813 g/mol. The molecule has 4 amide bonds. The van der Waals surface area contributed by atoms with Gasteiger partial charge in [-0.3, -0.25) is 28.9 Å². The SMILES string of the molecule is CC.CCC1CS1.CCCC(=O)[C@@H](NC(=O)C(C(C)C)N(C)C)C(C)C.CN.COC(C(C)C(=O)NC(Cc1ccccc1)C(=O)NS)C1CCCN1C=O. The number of thioether (sulfide) groups is 1. The number of benzene rings is 1. The van der Waals surface area contributed by atoms with Gasteiger partial charge in [-0.25, -0.2) is 0 Å². The van der Waals surface area contributed by atoms with Crippen LogP contribution >= 0.6 is 24.6 Å². The molecule has 1 aromatic carbocycles. The molecule has 0 spiro atoms. The van der Waals surface area contributed by atoms with Gasteiger partial charge in [-0.1, -0.05) is 105 Å². The van der Waals surface area contributed by atoms with Crippen molar-refractivity contribution >= 4 is 54.5 Å². The van der Waals surface area contributed by atoms with Gasteiger partial charge in [0.1, 0.15) is 6.04 Å². The lowest BCUT2D eigenvalue weighted by Crippen LogP contribution is -2.53. The summed E-state index contributed by atoms with van der Waals surface area (Å²) in [6.45, 7) is 18.6. The van der Waals surface area contributed by atoms with Gasteiger partial charge in [0.2, 0.25) is 18.2 Å². The largest absolute Gasteiger partial charge is 0.378 e. The lowest BCUT2D eigenvalue weighted by molar-refractivity contribution is -0.136. The third-order valence-corrected chi connectivity index (χ3v) is 10.5. The molecule has 2 heterocycles. The van der Waals surface area contributed by atoms with Crippen molar-refractivity contribution in [1.82, 2.24) is 25.2 Å². The van der Waals surface area contributed by atoms with Crippen LogP contribution in [0.2, 0.25) is 0 Å². The van der Waals surface area contributed by atoms with Crippen molar-refractivity contribution < 1.29 is 28.7 Å². The molecule has 3 rings (SSSR count). The molecule has 0 aliphatic carbocycles. The molecule has 5 N–H and O–H groups in total. The van der Waals surface area contributed by atoms with Crippen LogP contribution in [0.5, 0.6) is 0 Å². The van der Waals surface area contributed by atoms with Gasteiger partial charge in [-0.15, -0.1) is 0 Å². The Bertz CT molecular complexity index is 1200. The molecule has 12 nitrogen and oxygen atoms in total. The molecule has 2 saturated heterocycles. The van der Waals surface area contributed by atoms with E-state index in [1.165, 1.54) is 26.3 Å². The molecule has 318 valence electrons. The van der Waals surface area contributed by atoms with Crippen molar-refractivity contribution in [1.29, 1.82) is 0 Å². The van der Waals surface area contributed by atoms with Crippen molar-refractivity contribution in [2.24, 2.45) is 23.5 Å². The van der Waals surface area contributed by atoms with E-state index < -0.39 is 18.1 Å². The zero-order valence-corrected chi connectivity index (χ0v) is 37.8. The Balaban J connectivity index is 0. The lowest BCUT2D eigenvalue weighted by atomic mass is 9.94. The molecule has 0 bridgehead atoms. The third kappa shape index (κ3) is 20.9. The molecular weight excluding hydrogens is 737 g/mol. The number of Topliss-reactive ketones (excluding diaryl/α,β-unsaturated/α-hetero) is 1. The second-order valence-corrected chi connectivity index (χ2v) is 15.8. The van der Waals surface area contributed by atoms with Crippen molar-refractivity contribution in [3.05, 3.63) is 35.9 Å². The number of carbonyl (C=O) groups excluding carboxylic acids is 5. The zero-order chi connectivity index (χ0) is 42.7. The number of likely N-dealkylation sites (N-methyl/N-ethyl adjacent to an activating group) is 1. The molecule has 0 radical (unpaired) electrons. The fraction of sp³-hybridized carbons (Fsp3) is 0.732. The number of ketones is 1. The Morgan fingerprint density at radius 3 is 1.96 bits per heavy atom. The Morgan fingerprint density at radius 2 is 1.56 bits per heavy atom. The summed E-state index contributed by atoms with van der Waals surface area (Å²) < 4.78 is 7.86. The summed E-state index contributed by atoms with van der Waals surface area (Å²) in [5.41, 5.74) is 5.43. The maximum Gasteiger partial charge on any atom is 0.252 e. The molecule has 2 aliphatic heterocycles. The minimum atomic E-state index is -0.747. The van der Waals surface area contributed by atoms with Crippen LogP contribution in [0.4, 0.5) is 0 Å². The van der Waals surface area contributed by atoms with Crippen LogP contribution in [0.3, 0.4) is 0 Å². The van der Waals surface area contributed by atoms with Crippen molar-refractivity contribution in [2.75, 3.05) is 40.6 Å². The fourth-order valence-electron chi connectivity index (χ4n) is 6.28. The van der Waals surface area contributed by atoms with Crippen molar-refractivity contribution in [3.63, 3.8) is 0 Å². The monoisotopic (exact) mass is 813 g/mol. The van der Waals surface area contributed by atoms with E-state index in [1.807, 2.05) is 97.8 Å². The summed E-state index contributed by atoms with van der Waals surface area (Å²) in [6.07, 6.45) is 5.12. The molecule has 2 aliphatic rings. The van der Waals surface area contributed by atoms with E-state index in [9.17, 15) is 24.0 Å². The number of methoxy groups -OCH3 is 1. The Kier molecular flexibility index (Phi) is 31.1. The van der Waals surface area contributed by atoms with Gasteiger partial charge in [0.05, 0.1) is 30.1 Å². The van der Waals surface area contributed by atoms with E-state index in [0.717, 1.165) is 36.5 Å². The van der Waals surface area contributed by atoms with Crippen LogP contribution in [-0.4, -0.2) is 116 Å². The number of hydrogen-bond acceptors (Lipinski definition) is 10. The maximum atomic E-state index is 12.8. The molecule has 0 aromatic heterocycles. The predicted molar refractivity (Wildman–Crippen MR) is 232 cm³/mol. The molecule has 2 fully saturated rings. The number of nitrogens with zero attached hydrogens (tertiary/aromatic N) is 2. The number of ether oxygens (including phenoxy) is 1. The second kappa shape index (κ2) is 31.4. The number of amides is 4. The van der Waals surface area contributed by atoms with Gasteiger partial charge in [0.15, 0.2) is 5.78 Å². The quantitative estimate of drug-likeness (QED) is 0.0768. The molecule has 0 saturated carbocycles. The van der Waals surface area contributed by atoms with Gasteiger partial charge in [-0.2, -0.15) is 11.8 Å². The summed E-state index contributed by atoms with van der Waals surface area (Å²) in [6, 6.07) is 7.99. The van der Waals surface area contributed by atoms with Crippen LogP contribution in [0.25, 0.3) is 0 Å². The van der Waals surface area contributed by atoms with Crippen LogP contribution < -0.4 is 21.1 Å². The van der Waals surface area contributed by atoms with Gasteiger partial charge in [0.25, 0.3) is 5.91 Å². The first-order chi connectivity index (χ1) is 26.2. The Morgan fingerprint density at radius 1 is 0.982 bits per heavy atom. The highest BCUT2D eigenvalue weighted by molar-refractivity contribution is 8.06. The molecule has 55 heavy (non-hydrogen) atoms. The normalized spacial score (nSPS) is 18.2. The van der Waals surface area contributed by atoms with E-state index in [0.29, 0.717) is 19.4 Å². The van der Waals surface area contributed by atoms with E-state index in [2.05, 4.69) is 52.6 Å². The predicted octanol–water partition coefficient (Wildman–Crippen LogP) is 5.14. The van der Waals surface area contributed by atoms with Gasteiger partial charge in [-0.05, 0) is 64.2 Å². The highest BCUT2D eigenvalue weighted by atomic mass is 32.2. The summed E-state index contributed by atoms with van der Waals surface area (Å²) in [5.74, 6) is 0.643. The Labute approximate surface area is 343 Å². The van der Waals surface area contributed by atoms with Gasteiger partial charge in [0, 0.05) is 37.5 Å². The number of carbonyl (C=O) groups is 5. The molecule has 14 heteroatoms. The van der Waals surface area contributed by atoms with Crippen LogP contribution in [0, 0.1) is 17.8 Å². The van der Waals surface area contributed by atoms with E-state index in [-0.39, 0.29) is 53.5 Å². The topological polar surface area (TPSA) is 163 Å². The maximum absolute atomic E-state index is 12.8. The smallest absolute Gasteiger partial charge is 0.252 e.